The summed E-state index contributed by atoms with van der Waals surface area (Å²) in [5, 5.41) is 4.09. The summed E-state index contributed by atoms with van der Waals surface area (Å²) >= 11 is 14.3. The van der Waals surface area contributed by atoms with Gasteiger partial charge in [-0.3, -0.25) is 0 Å². The third kappa shape index (κ3) is 3.58. The van der Waals surface area contributed by atoms with Crippen molar-refractivity contribution in [2.45, 2.75) is 13.0 Å². The highest BCUT2D eigenvalue weighted by Gasteiger charge is 2.18. The molecule has 1 heterocycles. The van der Waals surface area contributed by atoms with E-state index in [1.165, 1.54) is 6.07 Å². The summed E-state index contributed by atoms with van der Waals surface area (Å²) in [6.07, 6.45) is 0. The number of benzene rings is 1. The van der Waals surface area contributed by atoms with Crippen molar-refractivity contribution in [2.75, 3.05) is 6.54 Å². The van der Waals surface area contributed by atoms with Gasteiger partial charge >= 0.3 is 0 Å². The van der Waals surface area contributed by atoms with Gasteiger partial charge in [-0.1, -0.05) is 24.6 Å². The van der Waals surface area contributed by atoms with Crippen molar-refractivity contribution in [1.29, 1.82) is 0 Å². The molecule has 0 aliphatic heterocycles. The second-order valence-electron chi connectivity index (χ2n) is 3.93. The van der Waals surface area contributed by atoms with Crippen molar-refractivity contribution >= 4 is 54.8 Å². The van der Waals surface area contributed by atoms with Crippen molar-refractivity contribution in [1.82, 2.24) is 5.32 Å². The number of nitrogens with one attached hydrogen (secondary N) is 1. The molecule has 0 saturated carbocycles. The third-order valence-corrected chi connectivity index (χ3v) is 5.78. The first kappa shape index (κ1) is 15.4. The fourth-order valence-corrected chi connectivity index (χ4v) is 4.03. The molecule has 6 heteroatoms. The Morgan fingerprint density at radius 3 is 2.63 bits per heavy atom. The largest absolute Gasteiger partial charge is 0.306 e. The fourth-order valence-electron chi connectivity index (χ4n) is 1.78. The number of thiophene rings is 1. The molecule has 1 aromatic carbocycles. The van der Waals surface area contributed by atoms with E-state index in [2.05, 4.69) is 37.2 Å². The van der Waals surface area contributed by atoms with Crippen molar-refractivity contribution in [3.63, 3.8) is 0 Å². The maximum absolute atomic E-state index is 13.3. The Kier molecular flexibility index (Phi) is 5.43. The summed E-state index contributed by atoms with van der Waals surface area (Å²) in [5.74, 6) is -0.260. The SMILES string of the molecule is CCNC(c1ccc(F)c(Br)c1)c1cc(Cl)c(Br)s1. The molecule has 2 aromatic rings. The summed E-state index contributed by atoms with van der Waals surface area (Å²) in [4.78, 5) is 1.09. The molecule has 102 valence electrons. The maximum Gasteiger partial charge on any atom is 0.137 e. The maximum atomic E-state index is 13.3. The monoisotopic (exact) mass is 425 g/mol. The predicted molar refractivity (Wildman–Crippen MR) is 86.6 cm³/mol. The molecule has 1 aromatic heterocycles. The van der Waals surface area contributed by atoms with Crippen molar-refractivity contribution in [2.24, 2.45) is 0 Å². The summed E-state index contributed by atoms with van der Waals surface area (Å²) < 4.78 is 14.7. The average Bonchev–Trinajstić information content (AvgIpc) is 2.70. The molecule has 0 radical (unpaired) electrons. The zero-order valence-electron chi connectivity index (χ0n) is 10.0. The van der Waals surface area contributed by atoms with Gasteiger partial charge in [-0.05, 0) is 62.2 Å². The normalized spacial score (nSPS) is 12.7. The first-order valence-electron chi connectivity index (χ1n) is 5.66. The minimum atomic E-state index is -0.260. The lowest BCUT2D eigenvalue weighted by molar-refractivity contribution is 0.611. The van der Waals surface area contributed by atoms with Crippen LogP contribution in [-0.2, 0) is 0 Å². The van der Waals surface area contributed by atoms with Gasteiger partial charge in [0.05, 0.1) is 19.3 Å². The molecule has 0 saturated heterocycles. The lowest BCUT2D eigenvalue weighted by atomic mass is 10.1. The van der Waals surface area contributed by atoms with Crippen LogP contribution < -0.4 is 5.32 Å². The first-order chi connectivity index (χ1) is 9.02. The van der Waals surface area contributed by atoms with Gasteiger partial charge in [-0.15, -0.1) is 11.3 Å². The number of hydrogen-bond donors (Lipinski definition) is 1. The molecule has 0 aliphatic carbocycles. The van der Waals surface area contributed by atoms with Gasteiger partial charge in [-0.25, -0.2) is 4.39 Å². The molecular formula is C13H11Br2ClFNS. The van der Waals surface area contributed by atoms with Crippen LogP contribution in [0.25, 0.3) is 0 Å². The highest BCUT2D eigenvalue weighted by molar-refractivity contribution is 9.11. The van der Waals surface area contributed by atoms with Gasteiger partial charge < -0.3 is 5.32 Å². The van der Waals surface area contributed by atoms with E-state index in [1.807, 2.05) is 13.0 Å². The summed E-state index contributed by atoms with van der Waals surface area (Å²) in [6, 6.07) is 6.99. The van der Waals surface area contributed by atoms with Crippen LogP contribution in [0.4, 0.5) is 4.39 Å². The highest BCUT2D eigenvalue weighted by Crippen LogP contribution is 2.38. The molecule has 0 aliphatic rings. The topological polar surface area (TPSA) is 12.0 Å². The first-order valence-corrected chi connectivity index (χ1v) is 8.44. The van der Waals surface area contributed by atoms with Gasteiger partial charge in [0.1, 0.15) is 5.82 Å². The fraction of sp³-hybridized carbons (Fsp3) is 0.231. The van der Waals surface area contributed by atoms with Crippen LogP contribution in [0, 0.1) is 5.82 Å². The van der Waals surface area contributed by atoms with E-state index in [-0.39, 0.29) is 11.9 Å². The van der Waals surface area contributed by atoms with Crippen molar-refractivity contribution in [3.8, 4) is 0 Å². The summed E-state index contributed by atoms with van der Waals surface area (Å²) in [6.45, 7) is 2.85. The zero-order valence-corrected chi connectivity index (χ0v) is 14.8. The van der Waals surface area contributed by atoms with Gasteiger partial charge in [0.2, 0.25) is 0 Å². The minimum Gasteiger partial charge on any atom is -0.306 e. The molecule has 1 N–H and O–H groups in total. The molecular weight excluding hydrogens is 416 g/mol. The standard InChI is InChI=1S/C13H11Br2ClFNS/c1-2-18-12(11-6-9(16)13(15)19-11)7-3-4-10(17)8(14)5-7/h3-6,12,18H,2H2,1H3. The molecule has 19 heavy (non-hydrogen) atoms. The average molecular weight is 428 g/mol. The molecule has 1 atom stereocenters. The minimum absolute atomic E-state index is 0.00991. The second kappa shape index (κ2) is 6.68. The molecule has 1 unspecified atom stereocenters. The Labute approximate surface area is 137 Å². The highest BCUT2D eigenvalue weighted by atomic mass is 79.9. The number of hydrogen-bond acceptors (Lipinski definition) is 2. The molecule has 0 amide bonds. The Bertz CT molecular complexity index is 569. The van der Waals surface area contributed by atoms with E-state index in [0.29, 0.717) is 9.50 Å². The van der Waals surface area contributed by atoms with E-state index in [1.54, 1.807) is 23.5 Å². The Morgan fingerprint density at radius 2 is 2.11 bits per heavy atom. The van der Waals surface area contributed by atoms with Crippen molar-refractivity contribution < 1.29 is 4.39 Å². The molecule has 1 nitrogen and oxygen atoms in total. The number of rotatable bonds is 4. The van der Waals surface area contributed by atoms with E-state index in [9.17, 15) is 4.39 Å². The second-order valence-corrected chi connectivity index (χ2v) is 7.60. The van der Waals surface area contributed by atoms with Crippen LogP contribution in [-0.4, -0.2) is 6.54 Å². The van der Waals surface area contributed by atoms with E-state index in [4.69, 9.17) is 11.6 Å². The van der Waals surface area contributed by atoms with Crippen LogP contribution in [0.2, 0.25) is 5.02 Å². The summed E-state index contributed by atoms with van der Waals surface area (Å²) in [5.41, 5.74) is 1.00. The van der Waals surface area contributed by atoms with Gasteiger partial charge in [-0.2, -0.15) is 0 Å². The van der Waals surface area contributed by atoms with E-state index < -0.39 is 0 Å². The molecule has 0 spiro atoms. The Balaban J connectivity index is 2.41. The van der Waals surface area contributed by atoms with Crippen LogP contribution in [0.5, 0.6) is 0 Å². The smallest absolute Gasteiger partial charge is 0.137 e. The van der Waals surface area contributed by atoms with E-state index in [0.717, 1.165) is 20.8 Å². The van der Waals surface area contributed by atoms with Gasteiger partial charge in [0.25, 0.3) is 0 Å². The molecule has 0 fully saturated rings. The Hall–Kier alpha value is 0.0600. The van der Waals surface area contributed by atoms with Crippen LogP contribution in [0.1, 0.15) is 23.4 Å². The van der Waals surface area contributed by atoms with Crippen LogP contribution >= 0.6 is 54.8 Å². The Morgan fingerprint density at radius 1 is 1.37 bits per heavy atom. The third-order valence-electron chi connectivity index (χ3n) is 2.63. The quantitative estimate of drug-likeness (QED) is 0.654. The lowest BCUT2D eigenvalue weighted by Gasteiger charge is -2.17. The van der Waals surface area contributed by atoms with Gasteiger partial charge in [0.15, 0.2) is 0 Å². The van der Waals surface area contributed by atoms with Crippen LogP contribution in [0.15, 0.2) is 32.5 Å². The van der Waals surface area contributed by atoms with Crippen molar-refractivity contribution in [3.05, 3.63) is 53.8 Å². The number of halogens is 4. The van der Waals surface area contributed by atoms with Gasteiger partial charge in [0, 0.05) is 4.88 Å². The zero-order chi connectivity index (χ0) is 14.0. The predicted octanol–water partition coefficient (Wildman–Crippen LogP) is 5.76. The van der Waals surface area contributed by atoms with E-state index >= 15 is 0 Å². The molecule has 2 rings (SSSR count). The van der Waals surface area contributed by atoms with Crippen LogP contribution in [0.3, 0.4) is 0 Å². The summed E-state index contributed by atoms with van der Waals surface area (Å²) in [7, 11) is 0. The molecule has 0 bridgehead atoms. The lowest BCUT2D eigenvalue weighted by Crippen LogP contribution is -2.21.